The van der Waals surface area contributed by atoms with Crippen molar-refractivity contribution in [3.63, 3.8) is 0 Å². The first kappa shape index (κ1) is 22.6. The monoisotopic (exact) mass is 312 g/mol. The van der Waals surface area contributed by atoms with Crippen LogP contribution >= 0.6 is 0 Å². The second kappa shape index (κ2) is 13.0. The molecule has 1 aromatic carbocycles. The fourth-order valence-electron chi connectivity index (χ4n) is 2.43. The van der Waals surface area contributed by atoms with Gasteiger partial charge in [-0.1, -0.05) is 51.5 Å². The van der Waals surface area contributed by atoms with Gasteiger partial charge < -0.3 is 9.47 Å². The molecular weight excluding hydrogens is 279 g/mol. The minimum atomic E-state index is -0.509. The van der Waals surface area contributed by atoms with E-state index in [2.05, 4.69) is 43.7 Å². The Labute approximate surface area is 155 Å². The maximum absolute atomic E-state index is 5.94. The van der Waals surface area contributed by atoms with Gasteiger partial charge in [0.1, 0.15) is 0 Å². The fraction of sp³-hybridized carbons (Fsp3) is 0.650. The van der Waals surface area contributed by atoms with Crippen LogP contribution in [0.15, 0.2) is 30.3 Å². The molecule has 0 fully saturated rings. The zero-order chi connectivity index (χ0) is 16.3. The number of unbranched alkanes of at least 4 members (excludes halogenated alkanes) is 4. The molecule has 1 aromatic rings. The van der Waals surface area contributed by atoms with Crippen LogP contribution in [0.1, 0.15) is 64.9 Å². The molecule has 0 radical (unpaired) electrons. The van der Waals surface area contributed by atoms with E-state index in [0.717, 1.165) is 0 Å². The number of ether oxygens (including phenoxy) is 2. The summed E-state index contributed by atoms with van der Waals surface area (Å²) in [6, 6.07) is 10.5. The predicted octanol–water partition coefficient (Wildman–Crippen LogP) is 2.62. The van der Waals surface area contributed by atoms with Crippen molar-refractivity contribution in [3.05, 3.63) is 42.3 Å². The SMILES string of the molecule is CCCCCCC[C@@H]([CH-]c1ccccc1)COC(C)(C)OC.[Li+]. The van der Waals surface area contributed by atoms with Crippen molar-refractivity contribution in [2.24, 2.45) is 5.92 Å². The van der Waals surface area contributed by atoms with E-state index in [1.54, 1.807) is 7.11 Å². The molecule has 0 spiro atoms. The molecule has 0 saturated carbocycles. The zero-order valence-corrected chi connectivity index (χ0v) is 15.8. The first-order valence-corrected chi connectivity index (χ1v) is 8.66. The fourth-order valence-corrected chi connectivity index (χ4v) is 2.43. The number of benzene rings is 1. The van der Waals surface area contributed by atoms with Crippen LogP contribution in [-0.2, 0) is 9.47 Å². The normalized spacial score (nSPS) is 12.5. The zero-order valence-electron chi connectivity index (χ0n) is 15.8. The summed E-state index contributed by atoms with van der Waals surface area (Å²) in [6.07, 6.45) is 10.1. The van der Waals surface area contributed by atoms with Crippen molar-refractivity contribution in [1.82, 2.24) is 0 Å². The van der Waals surface area contributed by atoms with Crippen molar-refractivity contribution in [2.75, 3.05) is 13.7 Å². The van der Waals surface area contributed by atoms with Gasteiger partial charge in [-0.15, -0.1) is 12.1 Å². The van der Waals surface area contributed by atoms with Crippen LogP contribution in [0.25, 0.3) is 0 Å². The summed E-state index contributed by atoms with van der Waals surface area (Å²) in [5.41, 5.74) is 1.28. The Morgan fingerprint density at radius 3 is 2.30 bits per heavy atom. The summed E-state index contributed by atoms with van der Waals surface area (Å²) in [6.45, 7) is 6.90. The third-order valence-electron chi connectivity index (χ3n) is 4.04. The first-order chi connectivity index (χ1) is 10.6. The summed E-state index contributed by atoms with van der Waals surface area (Å²) in [4.78, 5) is 0. The number of methoxy groups -OCH3 is 1. The average molecular weight is 312 g/mol. The maximum atomic E-state index is 5.94. The van der Waals surface area contributed by atoms with Gasteiger partial charge in [-0.05, 0) is 19.8 Å². The van der Waals surface area contributed by atoms with Gasteiger partial charge in [0.05, 0.1) is 0 Å². The van der Waals surface area contributed by atoms with Crippen molar-refractivity contribution < 1.29 is 28.3 Å². The molecule has 0 aromatic heterocycles. The standard InChI is InChI=1S/C20H33O2.Li/c1-5-6-7-8-10-15-19(17-22-20(2,3)21-4)16-18-13-11-9-12-14-18;/h9,11-14,16,19H,5-8,10,15,17H2,1-4H3;/q-1;+1/t19-;/m0./s1. The molecule has 0 unspecified atom stereocenters. The molecule has 0 amide bonds. The Balaban J connectivity index is 0.00000484. The molecule has 126 valence electrons. The van der Waals surface area contributed by atoms with Crippen molar-refractivity contribution in [1.29, 1.82) is 0 Å². The Hall–Kier alpha value is -0.393. The molecule has 0 aliphatic carbocycles. The van der Waals surface area contributed by atoms with E-state index in [1.165, 1.54) is 44.1 Å². The molecule has 0 N–H and O–H groups in total. The molecule has 3 heteroatoms. The van der Waals surface area contributed by atoms with E-state index in [9.17, 15) is 0 Å². The van der Waals surface area contributed by atoms with Crippen LogP contribution in [0.5, 0.6) is 0 Å². The Bertz CT molecular complexity index is 378. The van der Waals surface area contributed by atoms with Crippen LogP contribution in [0.4, 0.5) is 0 Å². The van der Waals surface area contributed by atoms with E-state index in [0.29, 0.717) is 12.5 Å². The van der Waals surface area contributed by atoms with Gasteiger partial charge in [-0.2, -0.15) is 24.1 Å². The molecular formula is C20H33LiO2. The molecule has 0 aliphatic heterocycles. The summed E-state index contributed by atoms with van der Waals surface area (Å²) < 4.78 is 11.3. The van der Waals surface area contributed by atoms with Gasteiger partial charge >= 0.3 is 18.9 Å². The molecule has 1 rings (SSSR count). The van der Waals surface area contributed by atoms with Crippen LogP contribution in [0.3, 0.4) is 0 Å². The Morgan fingerprint density at radius 2 is 1.70 bits per heavy atom. The topological polar surface area (TPSA) is 18.5 Å². The molecule has 1 atom stereocenters. The van der Waals surface area contributed by atoms with Gasteiger partial charge in [0.15, 0.2) is 5.79 Å². The molecule has 0 saturated heterocycles. The largest absolute Gasteiger partial charge is 1.00 e. The average Bonchev–Trinajstić information content (AvgIpc) is 2.53. The number of rotatable bonds is 12. The quantitative estimate of drug-likeness (QED) is 0.256. The Kier molecular flexibility index (Phi) is 12.7. The number of hydrogen-bond donors (Lipinski definition) is 0. The van der Waals surface area contributed by atoms with E-state index in [1.807, 2.05) is 13.8 Å². The van der Waals surface area contributed by atoms with Gasteiger partial charge in [0.2, 0.25) is 0 Å². The smallest absolute Gasteiger partial charge is 0.354 e. The van der Waals surface area contributed by atoms with E-state index < -0.39 is 5.79 Å². The minimum absolute atomic E-state index is 0. The molecule has 0 aliphatic rings. The Morgan fingerprint density at radius 1 is 1.04 bits per heavy atom. The van der Waals surface area contributed by atoms with Gasteiger partial charge in [0, 0.05) is 13.7 Å². The maximum Gasteiger partial charge on any atom is 1.00 e. The van der Waals surface area contributed by atoms with Crippen LogP contribution in [0.2, 0.25) is 0 Å². The summed E-state index contributed by atoms with van der Waals surface area (Å²) >= 11 is 0. The van der Waals surface area contributed by atoms with E-state index in [-0.39, 0.29) is 18.9 Å². The van der Waals surface area contributed by atoms with E-state index in [4.69, 9.17) is 9.47 Å². The molecule has 2 nitrogen and oxygen atoms in total. The summed E-state index contributed by atoms with van der Waals surface area (Å²) in [5, 5.41) is 0. The summed E-state index contributed by atoms with van der Waals surface area (Å²) in [5.74, 6) is -0.0659. The molecule has 23 heavy (non-hydrogen) atoms. The predicted molar refractivity (Wildman–Crippen MR) is 93.8 cm³/mol. The van der Waals surface area contributed by atoms with E-state index >= 15 is 0 Å². The van der Waals surface area contributed by atoms with Gasteiger partial charge in [-0.3, -0.25) is 0 Å². The number of hydrogen-bond acceptors (Lipinski definition) is 2. The molecule has 0 heterocycles. The second-order valence-electron chi connectivity index (χ2n) is 6.46. The van der Waals surface area contributed by atoms with Crippen LogP contribution in [0, 0.1) is 12.3 Å². The summed E-state index contributed by atoms with van der Waals surface area (Å²) in [7, 11) is 1.70. The van der Waals surface area contributed by atoms with Crippen LogP contribution < -0.4 is 18.9 Å². The third kappa shape index (κ3) is 10.9. The van der Waals surface area contributed by atoms with Crippen molar-refractivity contribution in [2.45, 2.75) is 65.1 Å². The van der Waals surface area contributed by atoms with Gasteiger partial charge in [-0.25, -0.2) is 0 Å². The van der Waals surface area contributed by atoms with Crippen molar-refractivity contribution in [3.8, 4) is 0 Å². The van der Waals surface area contributed by atoms with Gasteiger partial charge in [0.25, 0.3) is 0 Å². The first-order valence-electron chi connectivity index (χ1n) is 8.66. The second-order valence-corrected chi connectivity index (χ2v) is 6.46. The third-order valence-corrected chi connectivity index (χ3v) is 4.04. The minimum Gasteiger partial charge on any atom is -0.354 e. The van der Waals surface area contributed by atoms with Crippen molar-refractivity contribution >= 4 is 0 Å². The molecule has 0 bridgehead atoms. The van der Waals surface area contributed by atoms with Crippen LogP contribution in [-0.4, -0.2) is 19.5 Å².